The second-order valence-corrected chi connectivity index (χ2v) is 3.89. The van der Waals surface area contributed by atoms with Crippen LogP contribution in [0.2, 0.25) is 0 Å². The first-order valence-corrected chi connectivity index (χ1v) is 5.25. The van der Waals surface area contributed by atoms with Crippen molar-refractivity contribution in [1.29, 1.82) is 0 Å². The molecule has 0 aromatic heterocycles. The summed E-state index contributed by atoms with van der Waals surface area (Å²) in [6.45, 7) is 0.0316. The third-order valence-electron chi connectivity index (χ3n) is 1.81. The molecule has 1 atom stereocenters. The lowest BCUT2D eigenvalue weighted by atomic mass is 10.3. The molecule has 0 bridgehead atoms. The van der Waals surface area contributed by atoms with E-state index in [9.17, 15) is 8.78 Å². The van der Waals surface area contributed by atoms with Gasteiger partial charge in [-0.25, -0.2) is 8.78 Å². The van der Waals surface area contributed by atoms with Crippen molar-refractivity contribution in [3.8, 4) is 0 Å². The fourth-order valence-electron chi connectivity index (χ4n) is 1.10. The Labute approximate surface area is 95.8 Å². The highest BCUT2D eigenvalue weighted by Gasteiger charge is 2.09. The quantitative estimate of drug-likeness (QED) is 0.895. The molecular weight excluding hydrogens is 268 g/mol. The van der Waals surface area contributed by atoms with Crippen LogP contribution in [-0.4, -0.2) is 26.4 Å². The van der Waals surface area contributed by atoms with Crippen LogP contribution in [0.25, 0.3) is 0 Å². The van der Waals surface area contributed by atoms with Gasteiger partial charge < -0.3 is 10.1 Å². The zero-order chi connectivity index (χ0) is 11.3. The molecule has 0 fully saturated rings. The van der Waals surface area contributed by atoms with Crippen molar-refractivity contribution in [2.24, 2.45) is 0 Å². The summed E-state index contributed by atoms with van der Waals surface area (Å²) in [6, 6.07) is 4.82. The number of nitrogens with one attached hydrogen (secondary N) is 1. The SMILES string of the molecule is COCC(F)CNc1cccc(Br)c1F. The summed E-state index contributed by atoms with van der Waals surface area (Å²) >= 11 is 3.05. The van der Waals surface area contributed by atoms with Crippen LogP contribution in [0, 0.1) is 5.82 Å². The van der Waals surface area contributed by atoms with E-state index in [4.69, 9.17) is 0 Å². The van der Waals surface area contributed by atoms with Gasteiger partial charge in [-0.2, -0.15) is 0 Å². The van der Waals surface area contributed by atoms with Crippen LogP contribution in [0.1, 0.15) is 0 Å². The molecule has 0 heterocycles. The molecule has 0 aliphatic carbocycles. The molecule has 0 saturated heterocycles. The normalized spacial score (nSPS) is 12.5. The Bertz CT molecular complexity index is 322. The van der Waals surface area contributed by atoms with Gasteiger partial charge in [0, 0.05) is 13.7 Å². The molecule has 0 spiro atoms. The van der Waals surface area contributed by atoms with Gasteiger partial charge >= 0.3 is 0 Å². The van der Waals surface area contributed by atoms with Gasteiger partial charge in [0.1, 0.15) is 6.17 Å². The second kappa shape index (κ2) is 6.02. The minimum Gasteiger partial charge on any atom is -0.382 e. The van der Waals surface area contributed by atoms with E-state index < -0.39 is 12.0 Å². The van der Waals surface area contributed by atoms with Gasteiger partial charge in [-0.1, -0.05) is 6.07 Å². The van der Waals surface area contributed by atoms with Crippen molar-refractivity contribution in [2.45, 2.75) is 6.17 Å². The van der Waals surface area contributed by atoms with Gasteiger partial charge in [0.15, 0.2) is 5.82 Å². The van der Waals surface area contributed by atoms with Crippen molar-refractivity contribution in [1.82, 2.24) is 0 Å². The molecule has 0 amide bonds. The monoisotopic (exact) mass is 279 g/mol. The van der Waals surface area contributed by atoms with E-state index in [0.29, 0.717) is 4.47 Å². The van der Waals surface area contributed by atoms with Gasteiger partial charge in [0.25, 0.3) is 0 Å². The first kappa shape index (κ1) is 12.4. The van der Waals surface area contributed by atoms with Crippen LogP contribution in [0.15, 0.2) is 22.7 Å². The van der Waals surface area contributed by atoms with Crippen molar-refractivity contribution in [3.63, 3.8) is 0 Å². The lowest BCUT2D eigenvalue weighted by Gasteiger charge is -2.11. The highest BCUT2D eigenvalue weighted by atomic mass is 79.9. The Hall–Kier alpha value is -0.680. The average Bonchev–Trinajstić information content (AvgIpc) is 2.21. The lowest BCUT2D eigenvalue weighted by molar-refractivity contribution is 0.130. The van der Waals surface area contributed by atoms with Gasteiger partial charge in [0.05, 0.1) is 16.8 Å². The third-order valence-corrected chi connectivity index (χ3v) is 2.43. The number of anilines is 1. The predicted molar refractivity (Wildman–Crippen MR) is 59.4 cm³/mol. The Morgan fingerprint density at radius 3 is 2.93 bits per heavy atom. The largest absolute Gasteiger partial charge is 0.382 e. The molecule has 15 heavy (non-hydrogen) atoms. The molecule has 0 aliphatic heterocycles. The fraction of sp³-hybridized carbons (Fsp3) is 0.400. The third kappa shape index (κ3) is 3.76. The lowest BCUT2D eigenvalue weighted by Crippen LogP contribution is -2.20. The number of methoxy groups -OCH3 is 1. The van der Waals surface area contributed by atoms with Gasteiger partial charge in [-0.15, -0.1) is 0 Å². The van der Waals surface area contributed by atoms with E-state index >= 15 is 0 Å². The molecule has 1 unspecified atom stereocenters. The maximum atomic E-state index is 13.4. The highest BCUT2D eigenvalue weighted by Crippen LogP contribution is 2.22. The van der Waals surface area contributed by atoms with E-state index in [1.807, 2.05) is 0 Å². The summed E-state index contributed by atoms with van der Waals surface area (Å²) in [5.74, 6) is -0.415. The summed E-state index contributed by atoms with van der Waals surface area (Å²) in [5.41, 5.74) is 0.281. The van der Waals surface area contributed by atoms with Gasteiger partial charge in [0.2, 0.25) is 0 Å². The van der Waals surface area contributed by atoms with E-state index in [2.05, 4.69) is 26.0 Å². The van der Waals surface area contributed by atoms with Gasteiger partial charge in [-0.3, -0.25) is 0 Å². The van der Waals surface area contributed by atoms with E-state index in [0.717, 1.165) is 0 Å². The Morgan fingerprint density at radius 1 is 1.53 bits per heavy atom. The molecule has 84 valence electrons. The summed E-state index contributed by atoms with van der Waals surface area (Å²) in [6.07, 6.45) is -1.15. The minimum atomic E-state index is -1.15. The minimum absolute atomic E-state index is 0.00260. The van der Waals surface area contributed by atoms with Crippen LogP contribution in [-0.2, 0) is 4.74 Å². The zero-order valence-corrected chi connectivity index (χ0v) is 9.85. The maximum absolute atomic E-state index is 13.4. The molecule has 2 nitrogen and oxygen atoms in total. The Kier molecular flexibility index (Phi) is 4.98. The van der Waals surface area contributed by atoms with Crippen LogP contribution in [0.3, 0.4) is 0 Å². The molecule has 0 saturated carbocycles. The summed E-state index contributed by atoms with van der Waals surface area (Å²) in [4.78, 5) is 0. The van der Waals surface area contributed by atoms with Crippen molar-refractivity contribution >= 4 is 21.6 Å². The molecule has 1 N–H and O–H groups in total. The molecular formula is C10H12BrF2NO. The molecule has 5 heteroatoms. The topological polar surface area (TPSA) is 21.3 Å². The van der Waals surface area contributed by atoms with E-state index in [-0.39, 0.29) is 18.8 Å². The number of hydrogen-bond acceptors (Lipinski definition) is 2. The zero-order valence-electron chi connectivity index (χ0n) is 8.27. The van der Waals surface area contributed by atoms with Gasteiger partial charge in [-0.05, 0) is 28.1 Å². The van der Waals surface area contributed by atoms with Crippen LogP contribution >= 0.6 is 15.9 Å². The molecule has 1 aromatic rings. The fourth-order valence-corrected chi connectivity index (χ4v) is 1.47. The number of alkyl halides is 1. The molecule has 1 rings (SSSR count). The maximum Gasteiger partial charge on any atom is 0.160 e. The summed E-state index contributed by atoms with van der Waals surface area (Å²) in [5, 5.41) is 2.68. The number of halogens is 3. The predicted octanol–water partition coefficient (Wildman–Crippen LogP) is 2.98. The highest BCUT2D eigenvalue weighted by molar-refractivity contribution is 9.10. The number of rotatable bonds is 5. The molecule has 0 radical (unpaired) electrons. The molecule has 0 aliphatic rings. The number of benzene rings is 1. The standard InChI is InChI=1S/C10H12BrF2NO/c1-15-6-7(12)5-14-9-4-2-3-8(11)10(9)13/h2-4,7,14H,5-6H2,1H3. The van der Waals surface area contributed by atoms with Crippen LogP contribution in [0.4, 0.5) is 14.5 Å². The smallest absolute Gasteiger partial charge is 0.160 e. The Balaban J connectivity index is 2.54. The first-order chi connectivity index (χ1) is 7.15. The summed E-state index contributed by atoms with van der Waals surface area (Å²) in [7, 11) is 1.42. The average molecular weight is 280 g/mol. The van der Waals surface area contributed by atoms with E-state index in [1.165, 1.54) is 7.11 Å². The van der Waals surface area contributed by atoms with Crippen molar-refractivity contribution < 1.29 is 13.5 Å². The van der Waals surface area contributed by atoms with Crippen molar-refractivity contribution in [2.75, 3.05) is 25.6 Å². The first-order valence-electron chi connectivity index (χ1n) is 4.46. The van der Waals surface area contributed by atoms with E-state index in [1.54, 1.807) is 18.2 Å². The Morgan fingerprint density at radius 2 is 2.27 bits per heavy atom. The summed E-state index contributed by atoms with van der Waals surface area (Å²) < 4.78 is 31.4. The van der Waals surface area contributed by atoms with Crippen LogP contribution < -0.4 is 5.32 Å². The van der Waals surface area contributed by atoms with Crippen molar-refractivity contribution in [3.05, 3.63) is 28.5 Å². The second-order valence-electron chi connectivity index (χ2n) is 3.03. The number of ether oxygens (including phenoxy) is 1. The molecule has 1 aromatic carbocycles. The van der Waals surface area contributed by atoms with Crippen LogP contribution in [0.5, 0.6) is 0 Å². The number of hydrogen-bond donors (Lipinski definition) is 1.